The Morgan fingerprint density at radius 1 is 1.23 bits per heavy atom. The zero-order valence-electron chi connectivity index (χ0n) is 12.1. The van der Waals surface area contributed by atoms with E-state index in [-0.39, 0.29) is 5.91 Å². The van der Waals surface area contributed by atoms with E-state index in [1.807, 2.05) is 24.3 Å². The van der Waals surface area contributed by atoms with Gasteiger partial charge in [0.2, 0.25) is 0 Å². The number of aryl methyl sites for hydroxylation is 1. The van der Waals surface area contributed by atoms with E-state index in [1.165, 1.54) is 4.88 Å². The fraction of sp³-hybridized carbons (Fsp3) is 0.118. The second kappa shape index (κ2) is 6.49. The Kier molecular flexibility index (Phi) is 4.25. The lowest BCUT2D eigenvalue weighted by Gasteiger charge is -2.06. The number of aromatic nitrogens is 2. The van der Waals surface area contributed by atoms with Crippen LogP contribution in [0.4, 0.5) is 0 Å². The van der Waals surface area contributed by atoms with E-state index in [0.29, 0.717) is 12.1 Å². The summed E-state index contributed by atoms with van der Waals surface area (Å²) in [5.74, 6) is -0.110. The smallest absolute Gasteiger partial charge is 0.251 e. The van der Waals surface area contributed by atoms with Crippen LogP contribution in [0.5, 0.6) is 0 Å². The molecule has 0 aliphatic carbocycles. The van der Waals surface area contributed by atoms with Crippen LogP contribution in [-0.2, 0) is 6.54 Å². The van der Waals surface area contributed by atoms with Gasteiger partial charge in [-0.05, 0) is 42.8 Å². The Balaban J connectivity index is 1.73. The van der Waals surface area contributed by atoms with Crippen molar-refractivity contribution in [2.45, 2.75) is 13.5 Å². The van der Waals surface area contributed by atoms with Gasteiger partial charge in [-0.15, -0.1) is 11.3 Å². The van der Waals surface area contributed by atoms with Gasteiger partial charge in [0.15, 0.2) is 0 Å². The van der Waals surface area contributed by atoms with E-state index in [4.69, 9.17) is 0 Å². The van der Waals surface area contributed by atoms with Gasteiger partial charge in [0.05, 0.1) is 10.6 Å². The molecule has 0 aromatic carbocycles. The van der Waals surface area contributed by atoms with Crippen molar-refractivity contribution in [3.63, 3.8) is 0 Å². The van der Waals surface area contributed by atoms with Crippen LogP contribution in [0.15, 0.2) is 55.0 Å². The first-order valence-electron chi connectivity index (χ1n) is 6.92. The summed E-state index contributed by atoms with van der Waals surface area (Å²) in [5, 5.41) is 2.90. The highest BCUT2D eigenvalue weighted by Gasteiger charge is 2.09. The first kappa shape index (κ1) is 14.4. The molecule has 3 aromatic rings. The minimum absolute atomic E-state index is 0.110. The van der Waals surface area contributed by atoms with Crippen molar-refractivity contribution < 1.29 is 4.79 Å². The standard InChI is InChI=1S/C17H15N3OS/c1-12-4-5-16(22-12)15-9-14(6-8-19-15)17(21)20-11-13-3-2-7-18-10-13/h2-10H,11H2,1H3,(H,20,21). The van der Waals surface area contributed by atoms with Crippen LogP contribution in [0, 0.1) is 6.92 Å². The molecule has 1 N–H and O–H groups in total. The average Bonchev–Trinajstić information content (AvgIpc) is 3.00. The van der Waals surface area contributed by atoms with E-state index in [2.05, 4.69) is 28.3 Å². The summed E-state index contributed by atoms with van der Waals surface area (Å²) in [4.78, 5) is 22.9. The number of rotatable bonds is 4. The molecule has 3 aromatic heterocycles. The highest BCUT2D eigenvalue weighted by Crippen LogP contribution is 2.26. The molecule has 0 aliphatic rings. The largest absolute Gasteiger partial charge is 0.348 e. The summed E-state index contributed by atoms with van der Waals surface area (Å²) >= 11 is 1.67. The SMILES string of the molecule is Cc1ccc(-c2cc(C(=O)NCc3cccnc3)ccn2)s1. The number of thiophene rings is 1. The minimum Gasteiger partial charge on any atom is -0.348 e. The van der Waals surface area contributed by atoms with Gasteiger partial charge < -0.3 is 5.32 Å². The van der Waals surface area contributed by atoms with Crippen LogP contribution in [-0.4, -0.2) is 15.9 Å². The summed E-state index contributed by atoms with van der Waals surface area (Å²) in [6.45, 7) is 2.51. The van der Waals surface area contributed by atoms with Crippen molar-refractivity contribution in [1.82, 2.24) is 15.3 Å². The second-order valence-corrected chi connectivity index (χ2v) is 6.17. The van der Waals surface area contributed by atoms with Crippen molar-refractivity contribution in [2.75, 3.05) is 0 Å². The van der Waals surface area contributed by atoms with E-state index in [9.17, 15) is 4.79 Å². The molecule has 0 aliphatic heterocycles. The third kappa shape index (κ3) is 3.38. The molecule has 0 radical (unpaired) electrons. The van der Waals surface area contributed by atoms with Gasteiger partial charge in [-0.2, -0.15) is 0 Å². The maximum Gasteiger partial charge on any atom is 0.251 e. The van der Waals surface area contributed by atoms with E-state index in [0.717, 1.165) is 16.1 Å². The fourth-order valence-electron chi connectivity index (χ4n) is 2.07. The van der Waals surface area contributed by atoms with Crippen molar-refractivity contribution in [1.29, 1.82) is 0 Å². The number of hydrogen-bond donors (Lipinski definition) is 1. The summed E-state index contributed by atoms with van der Waals surface area (Å²) in [5.41, 5.74) is 2.41. The van der Waals surface area contributed by atoms with Crippen molar-refractivity contribution in [2.24, 2.45) is 0 Å². The van der Waals surface area contributed by atoms with Crippen LogP contribution in [0.1, 0.15) is 20.8 Å². The number of hydrogen-bond acceptors (Lipinski definition) is 4. The molecule has 0 fully saturated rings. The molecule has 0 saturated heterocycles. The molecule has 5 heteroatoms. The first-order chi connectivity index (χ1) is 10.7. The quantitative estimate of drug-likeness (QED) is 0.803. The van der Waals surface area contributed by atoms with Crippen LogP contribution < -0.4 is 5.32 Å². The van der Waals surface area contributed by atoms with Crippen LogP contribution >= 0.6 is 11.3 Å². The predicted octanol–water partition coefficient (Wildman–Crippen LogP) is 3.44. The zero-order chi connectivity index (χ0) is 15.4. The number of nitrogens with one attached hydrogen (secondary N) is 1. The van der Waals surface area contributed by atoms with Crippen molar-refractivity contribution in [3.05, 3.63) is 71.0 Å². The normalized spacial score (nSPS) is 10.4. The van der Waals surface area contributed by atoms with Gasteiger partial charge in [0.25, 0.3) is 5.91 Å². The highest BCUT2D eigenvalue weighted by atomic mass is 32.1. The second-order valence-electron chi connectivity index (χ2n) is 4.88. The lowest BCUT2D eigenvalue weighted by molar-refractivity contribution is 0.0951. The Hall–Kier alpha value is -2.53. The Bertz CT molecular complexity index is 783. The molecule has 110 valence electrons. The Labute approximate surface area is 132 Å². The van der Waals surface area contributed by atoms with Gasteiger partial charge >= 0.3 is 0 Å². The number of carbonyl (C=O) groups is 1. The Morgan fingerprint density at radius 3 is 2.86 bits per heavy atom. The van der Waals surface area contributed by atoms with Crippen molar-refractivity contribution in [3.8, 4) is 10.6 Å². The first-order valence-corrected chi connectivity index (χ1v) is 7.74. The topological polar surface area (TPSA) is 54.9 Å². The van der Waals surface area contributed by atoms with E-state index < -0.39 is 0 Å². The molecule has 22 heavy (non-hydrogen) atoms. The molecule has 0 bridgehead atoms. The van der Waals surface area contributed by atoms with Gasteiger partial charge in [0, 0.05) is 35.6 Å². The number of amides is 1. The molecular formula is C17H15N3OS. The zero-order valence-corrected chi connectivity index (χ0v) is 12.9. The third-order valence-corrected chi connectivity index (χ3v) is 4.21. The summed E-state index contributed by atoms with van der Waals surface area (Å²) in [6.07, 6.45) is 5.12. The van der Waals surface area contributed by atoms with E-state index in [1.54, 1.807) is 36.0 Å². The van der Waals surface area contributed by atoms with Crippen LogP contribution in [0.3, 0.4) is 0 Å². The molecule has 0 saturated carbocycles. The molecule has 0 unspecified atom stereocenters. The summed E-state index contributed by atoms with van der Waals surface area (Å²) < 4.78 is 0. The molecule has 3 heterocycles. The lowest BCUT2D eigenvalue weighted by Crippen LogP contribution is -2.22. The van der Waals surface area contributed by atoms with Crippen molar-refractivity contribution >= 4 is 17.2 Å². The summed E-state index contributed by atoms with van der Waals surface area (Å²) in [6, 6.07) is 11.4. The Morgan fingerprint density at radius 2 is 2.14 bits per heavy atom. The van der Waals surface area contributed by atoms with Gasteiger partial charge in [-0.25, -0.2) is 0 Å². The third-order valence-electron chi connectivity index (χ3n) is 3.19. The maximum absolute atomic E-state index is 12.3. The van der Waals surface area contributed by atoms with Gasteiger partial charge in [-0.1, -0.05) is 6.07 Å². The molecule has 0 atom stereocenters. The fourth-order valence-corrected chi connectivity index (χ4v) is 2.90. The molecular weight excluding hydrogens is 294 g/mol. The predicted molar refractivity (Wildman–Crippen MR) is 87.7 cm³/mol. The van der Waals surface area contributed by atoms with E-state index >= 15 is 0 Å². The average molecular weight is 309 g/mol. The number of pyridine rings is 2. The van der Waals surface area contributed by atoms with Crippen LogP contribution in [0.25, 0.3) is 10.6 Å². The lowest BCUT2D eigenvalue weighted by atomic mass is 10.2. The molecule has 4 nitrogen and oxygen atoms in total. The minimum atomic E-state index is -0.110. The highest BCUT2D eigenvalue weighted by molar-refractivity contribution is 7.15. The van der Waals surface area contributed by atoms with Crippen LogP contribution in [0.2, 0.25) is 0 Å². The maximum atomic E-state index is 12.3. The summed E-state index contributed by atoms with van der Waals surface area (Å²) in [7, 11) is 0. The number of nitrogens with zero attached hydrogens (tertiary/aromatic N) is 2. The molecule has 1 amide bonds. The number of carbonyl (C=O) groups excluding carboxylic acids is 1. The van der Waals surface area contributed by atoms with Gasteiger partial charge in [-0.3, -0.25) is 14.8 Å². The molecule has 0 spiro atoms. The molecule has 3 rings (SSSR count). The van der Waals surface area contributed by atoms with Gasteiger partial charge in [0.1, 0.15) is 0 Å². The monoisotopic (exact) mass is 309 g/mol.